The van der Waals surface area contributed by atoms with Crippen LogP contribution in [0.5, 0.6) is 5.75 Å². The summed E-state index contributed by atoms with van der Waals surface area (Å²) >= 11 is 0. The molecule has 3 rings (SSSR count). The number of carbonyl (C=O) groups excluding carboxylic acids is 1. The highest BCUT2D eigenvalue weighted by Gasteiger charge is 2.20. The lowest BCUT2D eigenvalue weighted by molar-refractivity contribution is -0.131. The van der Waals surface area contributed by atoms with Gasteiger partial charge in [0.05, 0.1) is 0 Å². The summed E-state index contributed by atoms with van der Waals surface area (Å²) in [4.78, 5) is 16.6. The Hall–Kier alpha value is -2.40. The molecule has 138 valence electrons. The number of halogens is 1. The van der Waals surface area contributed by atoms with Gasteiger partial charge in [-0.3, -0.25) is 9.69 Å². The third kappa shape index (κ3) is 4.82. The van der Waals surface area contributed by atoms with Gasteiger partial charge in [0, 0.05) is 44.7 Å². The molecule has 0 saturated carbocycles. The van der Waals surface area contributed by atoms with Gasteiger partial charge in [0.15, 0.2) is 0 Å². The van der Waals surface area contributed by atoms with E-state index in [4.69, 9.17) is 0 Å². The maximum atomic E-state index is 13.8. The highest BCUT2D eigenvalue weighted by Crippen LogP contribution is 2.18. The number of para-hydroxylation sites is 1. The molecule has 26 heavy (non-hydrogen) atoms. The molecular formula is C21H25FN2O2. The fourth-order valence-corrected chi connectivity index (χ4v) is 3.37. The van der Waals surface area contributed by atoms with Gasteiger partial charge < -0.3 is 10.0 Å². The molecule has 0 bridgehead atoms. The molecule has 0 radical (unpaired) electrons. The summed E-state index contributed by atoms with van der Waals surface area (Å²) in [5, 5.41) is 9.81. The summed E-state index contributed by atoms with van der Waals surface area (Å²) < 4.78 is 13.8. The van der Waals surface area contributed by atoms with Crippen LogP contribution < -0.4 is 0 Å². The van der Waals surface area contributed by atoms with Crippen LogP contribution in [-0.4, -0.2) is 47.0 Å². The van der Waals surface area contributed by atoms with E-state index in [9.17, 15) is 14.3 Å². The molecule has 0 aromatic heterocycles. The molecule has 1 heterocycles. The lowest BCUT2D eigenvalue weighted by Gasteiger charge is -2.22. The Morgan fingerprint density at radius 3 is 2.46 bits per heavy atom. The van der Waals surface area contributed by atoms with Gasteiger partial charge in [0.2, 0.25) is 5.91 Å². The SMILES string of the molecule is O=C(CCc1ccccc1O)N1CCCN(Cc2ccccc2F)CC1. The molecule has 1 N–H and O–H groups in total. The monoisotopic (exact) mass is 356 g/mol. The minimum absolute atomic E-state index is 0.112. The summed E-state index contributed by atoms with van der Waals surface area (Å²) in [6, 6.07) is 14.0. The van der Waals surface area contributed by atoms with Gasteiger partial charge in [-0.05, 0) is 30.5 Å². The number of hydrogen-bond acceptors (Lipinski definition) is 3. The molecule has 0 atom stereocenters. The van der Waals surface area contributed by atoms with Gasteiger partial charge in [-0.1, -0.05) is 36.4 Å². The number of hydrogen-bond donors (Lipinski definition) is 1. The van der Waals surface area contributed by atoms with Crippen LogP contribution in [-0.2, 0) is 17.8 Å². The molecule has 0 aliphatic carbocycles. The van der Waals surface area contributed by atoms with Crippen LogP contribution in [0.25, 0.3) is 0 Å². The Balaban J connectivity index is 1.51. The molecule has 1 aliphatic heterocycles. The van der Waals surface area contributed by atoms with Crippen LogP contribution in [0.2, 0.25) is 0 Å². The summed E-state index contributed by atoms with van der Waals surface area (Å²) in [6.07, 6.45) is 1.82. The average molecular weight is 356 g/mol. The first-order chi connectivity index (χ1) is 12.6. The highest BCUT2D eigenvalue weighted by molar-refractivity contribution is 5.76. The molecule has 2 aromatic rings. The number of carbonyl (C=O) groups is 1. The van der Waals surface area contributed by atoms with E-state index >= 15 is 0 Å². The molecule has 5 heteroatoms. The standard InChI is InChI=1S/C21H25FN2O2/c22-19-8-3-1-7-18(19)16-23-12-5-13-24(15-14-23)21(26)11-10-17-6-2-4-9-20(17)25/h1-4,6-9,25H,5,10-16H2. The number of rotatable bonds is 5. The first-order valence-electron chi connectivity index (χ1n) is 9.14. The minimum atomic E-state index is -0.174. The summed E-state index contributed by atoms with van der Waals surface area (Å²) in [7, 11) is 0. The number of phenolic OH excluding ortho intramolecular Hbond substituents is 1. The Kier molecular flexibility index (Phi) is 6.23. The van der Waals surface area contributed by atoms with Gasteiger partial charge in [0.1, 0.15) is 11.6 Å². The summed E-state index contributed by atoms with van der Waals surface area (Å²) in [5.41, 5.74) is 1.50. The van der Waals surface area contributed by atoms with Gasteiger partial charge >= 0.3 is 0 Å². The van der Waals surface area contributed by atoms with Crippen LogP contribution in [0, 0.1) is 5.82 Å². The van der Waals surface area contributed by atoms with Crippen LogP contribution in [0.3, 0.4) is 0 Å². The van der Waals surface area contributed by atoms with Gasteiger partial charge in [-0.25, -0.2) is 4.39 Å². The molecule has 1 fully saturated rings. The van der Waals surface area contributed by atoms with Crippen LogP contribution >= 0.6 is 0 Å². The van der Waals surface area contributed by atoms with Crippen molar-refractivity contribution < 1.29 is 14.3 Å². The molecule has 1 aliphatic rings. The number of aryl methyl sites for hydroxylation is 1. The second-order valence-corrected chi connectivity index (χ2v) is 6.73. The van der Waals surface area contributed by atoms with Crippen LogP contribution in [0.15, 0.2) is 48.5 Å². The van der Waals surface area contributed by atoms with E-state index in [-0.39, 0.29) is 17.5 Å². The number of amides is 1. The smallest absolute Gasteiger partial charge is 0.222 e. The molecule has 0 spiro atoms. The lowest BCUT2D eigenvalue weighted by atomic mass is 10.1. The maximum Gasteiger partial charge on any atom is 0.222 e. The third-order valence-corrected chi connectivity index (χ3v) is 4.89. The number of nitrogens with zero attached hydrogens (tertiary/aromatic N) is 2. The van der Waals surface area contributed by atoms with Crippen molar-refractivity contribution in [3.8, 4) is 5.75 Å². The van der Waals surface area contributed by atoms with Crippen molar-refractivity contribution >= 4 is 5.91 Å². The Morgan fingerprint density at radius 1 is 0.962 bits per heavy atom. The second-order valence-electron chi connectivity index (χ2n) is 6.73. The first-order valence-corrected chi connectivity index (χ1v) is 9.14. The van der Waals surface area contributed by atoms with Crippen LogP contribution in [0.1, 0.15) is 24.0 Å². The molecule has 2 aromatic carbocycles. The van der Waals surface area contributed by atoms with Crippen molar-refractivity contribution in [1.29, 1.82) is 0 Å². The van der Waals surface area contributed by atoms with E-state index in [1.54, 1.807) is 18.2 Å². The van der Waals surface area contributed by atoms with Crippen molar-refractivity contribution in [2.24, 2.45) is 0 Å². The molecule has 1 amide bonds. The summed E-state index contributed by atoms with van der Waals surface area (Å²) in [6.45, 7) is 3.57. The van der Waals surface area contributed by atoms with E-state index in [0.717, 1.165) is 31.6 Å². The van der Waals surface area contributed by atoms with Gasteiger partial charge in [0.25, 0.3) is 0 Å². The van der Waals surface area contributed by atoms with E-state index in [1.165, 1.54) is 6.07 Å². The average Bonchev–Trinajstić information content (AvgIpc) is 2.88. The van der Waals surface area contributed by atoms with Gasteiger partial charge in [-0.2, -0.15) is 0 Å². The first kappa shape index (κ1) is 18.4. The Labute approximate surface area is 153 Å². The fraction of sp³-hybridized carbons (Fsp3) is 0.381. The largest absolute Gasteiger partial charge is 0.508 e. The minimum Gasteiger partial charge on any atom is -0.508 e. The second kappa shape index (κ2) is 8.81. The van der Waals surface area contributed by atoms with Gasteiger partial charge in [-0.15, -0.1) is 0 Å². The van der Waals surface area contributed by atoms with Crippen molar-refractivity contribution in [1.82, 2.24) is 9.80 Å². The zero-order valence-corrected chi connectivity index (χ0v) is 14.9. The van der Waals surface area contributed by atoms with Crippen molar-refractivity contribution in [3.63, 3.8) is 0 Å². The number of benzene rings is 2. The topological polar surface area (TPSA) is 43.8 Å². The van der Waals surface area contributed by atoms with E-state index in [1.807, 2.05) is 29.2 Å². The van der Waals surface area contributed by atoms with E-state index < -0.39 is 0 Å². The third-order valence-electron chi connectivity index (χ3n) is 4.89. The van der Waals surface area contributed by atoms with E-state index in [2.05, 4.69) is 4.90 Å². The molecule has 1 saturated heterocycles. The molecular weight excluding hydrogens is 331 g/mol. The highest BCUT2D eigenvalue weighted by atomic mass is 19.1. The summed E-state index contributed by atoms with van der Waals surface area (Å²) in [5.74, 6) is 0.181. The van der Waals surface area contributed by atoms with Crippen molar-refractivity contribution in [2.75, 3.05) is 26.2 Å². The van der Waals surface area contributed by atoms with Crippen LogP contribution in [0.4, 0.5) is 4.39 Å². The predicted octanol–water partition coefficient (Wildman–Crippen LogP) is 3.20. The zero-order chi connectivity index (χ0) is 18.4. The normalized spacial score (nSPS) is 15.7. The number of aromatic hydroxyl groups is 1. The Bertz CT molecular complexity index is 750. The fourth-order valence-electron chi connectivity index (χ4n) is 3.37. The quantitative estimate of drug-likeness (QED) is 0.895. The molecule has 4 nitrogen and oxygen atoms in total. The lowest BCUT2D eigenvalue weighted by Crippen LogP contribution is -2.35. The molecule has 0 unspecified atom stereocenters. The zero-order valence-electron chi connectivity index (χ0n) is 14.9. The van der Waals surface area contributed by atoms with Crippen molar-refractivity contribution in [3.05, 3.63) is 65.5 Å². The predicted molar refractivity (Wildman–Crippen MR) is 99.3 cm³/mol. The Morgan fingerprint density at radius 2 is 1.69 bits per heavy atom. The van der Waals surface area contributed by atoms with Crippen molar-refractivity contribution in [2.45, 2.75) is 25.8 Å². The van der Waals surface area contributed by atoms with E-state index in [0.29, 0.717) is 31.5 Å². The maximum absolute atomic E-state index is 13.8. The number of phenols is 1.